The Bertz CT molecular complexity index is 109. The molecule has 0 spiro atoms. The van der Waals surface area contributed by atoms with Crippen LogP contribution in [0.25, 0.3) is 0 Å². The molecule has 0 radical (unpaired) electrons. The zero-order chi connectivity index (χ0) is 7.07. The van der Waals surface area contributed by atoms with Gasteiger partial charge in [-0.25, -0.2) is 0 Å². The van der Waals surface area contributed by atoms with E-state index in [1.807, 2.05) is 0 Å². The van der Waals surface area contributed by atoms with Gasteiger partial charge in [-0.3, -0.25) is 0 Å². The van der Waals surface area contributed by atoms with Gasteiger partial charge in [-0.05, 0) is 12.8 Å². The quantitative estimate of drug-likeness (QED) is 0.392. The summed E-state index contributed by atoms with van der Waals surface area (Å²) in [5.41, 5.74) is 0. The molecule has 0 saturated heterocycles. The lowest BCUT2D eigenvalue weighted by Crippen LogP contribution is -2.30. The fourth-order valence-corrected chi connectivity index (χ4v) is 1.07. The van der Waals surface area contributed by atoms with Crippen molar-refractivity contribution in [2.24, 2.45) is 0 Å². The van der Waals surface area contributed by atoms with E-state index in [0.29, 0.717) is 16.0 Å². The molecule has 0 heterocycles. The average Bonchev–Trinajstić information content (AvgIpc) is 2.40. The van der Waals surface area contributed by atoms with Gasteiger partial charge in [0.1, 0.15) is 0 Å². The predicted molar refractivity (Wildman–Crippen MR) is 34.9 cm³/mol. The molecule has 0 aromatic heterocycles. The first kappa shape index (κ1) is 7.59. The molecule has 0 bridgehead atoms. The second-order valence-corrected chi connectivity index (χ2v) is 3.05. The zero-order valence-corrected chi connectivity index (χ0v) is 6.61. The predicted octanol–water partition coefficient (Wildman–Crippen LogP) is 2.32. The Kier molecular flexibility index (Phi) is 1.91. The second-order valence-electron chi connectivity index (χ2n) is 2.01. The molecule has 0 aromatic rings. The van der Waals surface area contributed by atoms with Crippen LogP contribution in [-0.2, 0) is 0 Å². The Labute approximate surface area is 64.7 Å². The molecule has 1 aliphatic rings. The lowest BCUT2D eigenvalue weighted by atomic mass is 10.7. The van der Waals surface area contributed by atoms with Gasteiger partial charge in [0.05, 0.1) is 0 Å². The van der Waals surface area contributed by atoms with E-state index in [-0.39, 0.29) is 6.04 Å². The summed E-state index contributed by atoms with van der Waals surface area (Å²) in [5.74, 6) is 0. The number of hydrogen-bond donors (Lipinski definition) is 0. The van der Waals surface area contributed by atoms with Crippen molar-refractivity contribution in [1.29, 1.82) is 0 Å². The molecule has 0 aromatic carbocycles. The maximum Gasteiger partial charge on any atom is 0.468 e. The molecule has 9 heavy (non-hydrogen) atoms. The second kappa shape index (κ2) is 2.26. The van der Waals surface area contributed by atoms with Crippen LogP contribution in [0.3, 0.4) is 0 Å². The van der Waals surface area contributed by atoms with Crippen LogP contribution in [-0.4, -0.2) is 15.5 Å². The monoisotopic (exact) mass is 251 g/mol. The van der Waals surface area contributed by atoms with Crippen molar-refractivity contribution in [2.75, 3.05) is 0 Å². The van der Waals surface area contributed by atoms with E-state index in [4.69, 9.17) is 0 Å². The summed E-state index contributed by atoms with van der Waals surface area (Å²) in [5, 5.41) is 0. The fourth-order valence-electron chi connectivity index (χ4n) is 0.508. The van der Waals surface area contributed by atoms with Gasteiger partial charge >= 0.3 is 6.30 Å². The van der Waals surface area contributed by atoms with Crippen molar-refractivity contribution >= 4 is 22.9 Å². The first-order valence-electron chi connectivity index (χ1n) is 2.53. The first-order chi connectivity index (χ1) is 4.02. The van der Waals surface area contributed by atoms with E-state index in [2.05, 4.69) is 0 Å². The Morgan fingerprint density at radius 2 is 1.78 bits per heavy atom. The van der Waals surface area contributed by atoms with Gasteiger partial charge in [-0.2, -0.15) is 16.3 Å². The lowest BCUT2D eigenvalue weighted by Gasteiger charge is -2.15. The van der Waals surface area contributed by atoms with E-state index in [1.54, 1.807) is 0 Å². The largest absolute Gasteiger partial charge is 0.468 e. The summed E-state index contributed by atoms with van der Waals surface area (Å²) in [6.07, 6.45) is -2.77. The number of rotatable bonds is 1. The molecule has 0 unspecified atom stereocenters. The fraction of sp³-hybridized carbons (Fsp3) is 1.00. The molecule has 1 aliphatic carbocycles. The molecule has 1 rings (SSSR count). The maximum atomic E-state index is 11.7. The molecule has 5 heteroatoms. The number of alkyl halides is 3. The minimum Gasteiger partial charge on any atom is -0.155 e. The summed E-state index contributed by atoms with van der Waals surface area (Å²) in [4.78, 5) is 0. The third-order valence-electron chi connectivity index (χ3n) is 1.11. The molecular formula is C4H5F3IN. The van der Waals surface area contributed by atoms with Crippen LogP contribution in [0.15, 0.2) is 0 Å². The highest BCUT2D eigenvalue weighted by atomic mass is 127. The third-order valence-corrected chi connectivity index (χ3v) is 2.44. The van der Waals surface area contributed by atoms with Gasteiger partial charge < -0.3 is 0 Å². The summed E-state index contributed by atoms with van der Waals surface area (Å²) >= 11 is 1.31. The summed E-state index contributed by atoms with van der Waals surface area (Å²) in [7, 11) is 0. The normalized spacial score (nSPS) is 21.0. The SMILES string of the molecule is FC(F)(F)N(I)C1CC1. The van der Waals surface area contributed by atoms with E-state index >= 15 is 0 Å². The molecular weight excluding hydrogens is 246 g/mol. The molecule has 54 valence electrons. The van der Waals surface area contributed by atoms with Gasteiger partial charge in [0.2, 0.25) is 0 Å². The Balaban J connectivity index is 2.40. The van der Waals surface area contributed by atoms with Crippen LogP contribution < -0.4 is 0 Å². The third kappa shape index (κ3) is 1.96. The number of halogens is 4. The highest BCUT2D eigenvalue weighted by molar-refractivity contribution is 14.1. The minimum absolute atomic E-state index is 0.245. The van der Waals surface area contributed by atoms with Crippen molar-refractivity contribution in [2.45, 2.75) is 25.2 Å². The molecule has 1 saturated carbocycles. The van der Waals surface area contributed by atoms with Crippen LogP contribution in [0.4, 0.5) is 13.2 Å². The van der Waals surface area contributed by atoms with Gasteiger partial charge in [0.15, 0.2) is 0 Å². The Morgan fingerprint density at radius 3 is 1.89 bits per heavy atom. The number of nitrogens with zero attached hydrogens (tertiary/aromatic N) is 1. The van der Waals surface area contributed by atoms with Crippen molar-refractivity contribution in [3.8, 4) is 0 Å². The van der Waals surface area contributed by atoms with Crippen molar-refractivity contribution < 1.29 is 13.2 Å². The van der Waals surface area contributed by atoms with Crippen molar-refractivity contribution in [3.05, 3.63) is 0 Å². The molecule has 1 nitrogen and oxygen atoms in total. The molecule has 0 amide bonds. The van der Waals surface area contributed by atoms with Crippen LogP contribution in [0.2, 0.25) is 0 Å². The van der Waals surface area contributed by atoms with Crippen LogP contribution in [0.5, 0.6) is 0 Å². The van der Waals surface area contributed by atoms with Gasteiger partial charge in [-0.15, -0.1) is 0 Å². The Morgan fingerprint density at radius 1 is 1.33 bits per heavy atom. The van der Waals surface area contributed by atoms with Crippen molar-refractivity contribution in [3.63, 3.8) is 0 Å². The topological polar surface area (TPSA) is 3.24 Å². The molecule has 0 N–H and O–H groups in total. The Hall–Kier alpha value is 0.480. The maximum absolute atomic E-state index is 11.7. The van der Waals surface area contributed by atoms with Gasteiger partial charge in [0, 0.05) is 28.9 Å². The molecule has 0 atom stereocenters. The highest BCUT2D eigenvalue weighted by Crippen LogP contribution is 2.38. The highest BCUT2D eigenvalue weighted by Gasteiger charge is 2.44. The summed E-state index contributed by atoms with van der Waals surface area (Å²) in [6, 6.07) is -0.245. The van der Waals surface area contributed by atoms with Crippen molar-refractivity contribution in [1.82, 2.24) is 3.11 Å². The first-order valence-corrected chi connectivity index (χ1v) is 3.50. The van der Waals surface area contributed by atoms with E-state index < -0.39 is 6.30 Å². The summed E-state index contributed by atoms with van der Waals surface area (Å²) in [6.45, 7) is 0. The van der Waals surface area contributed by atoms with Gasteiger partial charge in [0.25, 0.3) is 0 Å². The van der Waals surface area contributed by atoms with E-state index in [9.17, 15) is 13.2 Å². The molecule has 0 aliphatic heterocycles. The molecule has 1 fully saturated rings. The zero-order valence-electron chi connectivity index (χ0n) is 4.45. The minimum atomic E-state index is -4.14. The van der Waals surface area contributed by atoms with Crippen LogP contribution in [0, 0.1) is 0 Å². The number of hydrogen-bond acceptors (Lipinski definition) is 1. The lowest BCUT2D eigenvalue weighted by molar-refractivity contribution is -0.200. The van der Waals surface area contributed by atoms with E-state index in [0.717, 1.165) is 0 Å². The van der Waals surface area contributed by atoms with Crippen LogP contribution in [0.1, 0.15) is 12.8 Å². The van der Waals surface area contributed by atoms with Crippen LogP contribution >= 0.6 is 22.9 Å². The van der Waals surface area contributed by atoms with Gasteiger partial charge in [-0.1, -0.05) is 0 Å². The smallest absolute Gasteiger partial charge is 0.155 e. The van der Waals surface area contributed by atoms with E-state index in [1.165, 1.54) is 22.9 Å². The summed E-state index contributed by atoms with van der Waals surface area (Å²) < 4.78 is 35.4. The average molecular weight is 251 g/mol. The standard InChI is InChI=1S/C4H5F3IN/c5-4(6,7)9(8)3-1-2-3/h3H,1-2H2.